The van der Waals surface area contributed by atoms with Crippen molar-refractivity contribution in [3.05, 3.63) is 35.6 Å². The predicted octanol–water partition coefficient (Wildman–Crippen LogP) is 3.58. The number of benzene rings is 1. The molecule has 2 aliphatic carbocycles. The maximum atomic E-state index is 13.1. The number of rotatable bonds is 7. The summed E-state index contributed by atoms with van der Waals surface area (Å²) in [5.74, 6) is -0.541. The van der Waals surface area contributed by atoms with Gasteiger partial charge in [0.1, 0.15) is 5.82 Å². The summed E-state index contributed by atoms with van der Waals surface area (Å²) in [5, 5.41) is 6.22. The first-order valence-electron chi connectivity index (χ1n) is 10.5. The minimum Gasteiger partial charge on any atom is -0.376 e. The molecule has 0 bridgehead atoms. The van der Waals surface area contributed by atoms with Crippen LogP contribution < -0.4 is 10.6 Å². The predicted molar refractivity (Wildman–Crippen MR) is 105 cm³/mol. The lowest BCUT2D eigenvalue weighted by atomic mass is 9.82. The Bertz CT molecular complexity index is 658. The second-order valence-corrected chi connectivity index (χ2v) is 8.00. The first kappa shape index (κ1) is 20.8. The van der Waals surface area contributed by atoms with E-state index in [2.05, 4.69) is 10.6 Å². The van der Waals surface area contributed by atoms with Crippen LogP contribution in [0.4, 0.5) is 4.39 Å². The molecule has 0 unspecified atom stereocenters. The molecule has 3 rings (SSSR count). The summed E-state index contributed by atoms with van der Waals surface area (Å²) in [6, 6.07) is 5.70. The van der Waals surface area contributed by atoms with Crippen LogP contribution in [0.5, 0.6) is 0 Å². The molecule has 1 aromatic rings. The van der Waals surface area contributed by atoms with Crippen LogP contribution in [0.15, 0.2) is 24.3 Å². The van der Waals surface area contributed by atoms with Crippen LogP contribution in [0.2, 0.25) is 0 Å². The number of hydrogen-bond donors (Lipinski definition) is 2. The van der Waals surface area contributed by atoms with Gasteiger partial charge in [-0.15, -0.1) is 0 Å². The van der Waals surface area contributed by atoms with Crippen molar-refractivity contribution >= 4 is 11.8 Å². The Hall–Kier alpha value is -1.95. The molecule has 5 nitrogen and oxygen atoms in total. The molecular formula is C22H31FN2O3. The van der Waals surface area contributed by atoms with E-state index in [1.54, 1.807) is 0 Å². The summed E-state index contributed by atoms with van der Waals surface area (Å²) in [4.78, 5) is 25.2. The topological polar surface area (TPSA) is 67.4 Å². The van der Waals surface area contributed by atoms with Crippen LogP contribution in [0.25, 0.3) is 0 Å². The molecule has 1 aromatic carbocycles. The van der Waals surface area contributed by atoms with Gasteiger partial charge in [-0.05, 0) is 62.8 Å². The lowest BCUT2D eigenvalue weighted by Gasteiger charge is -2.36. The molecule has 6 heteroatoms. The van der Waals surface area contributed by atoms with Crippen LogP contribution >= 0.6 is 0 Å². The molecule has 2 aliphatic rings. The minimum absolute atomic E-state index is 0.0681. The summed E-state index contributed by atoms with van der Waals surface area (Å²) in [5.41, 5.74) is 0.428. The normalized spacial score (nSPS) is 25.4. The second-order valence-electron chi connectivity index (χ2n) is 8.00. The summed E-state index contributed by atoms with van der Waals surface area (Å²) >= 11 is 0. The minimum atomic E-state index is -0.366. The van der Waals surface area contributed by atoms with Crippen molar-refractivity contribution in [3.8, 4) is 0 Å². The van der Waals surface area contributed by atoms with Gasteiger partial charge in [-0.2, -0.15) is 0 Å². The summed E-state index contributed by atoms with van der Waals surface area (Å²) in [7, 11) is 0. The van der Waals surface area contributed by atoms with E-state index < -0.39 is 0 Å². The van der Waals surface area contributed by atoms with Crippen molar-refractivity contribution in [2.75, 3.05) is 6.61 Å². The maximum Gasteiger partial charge on any atom is 0.251 e. The van der Waals surface area contributed by atoms with Gasteiger partial charge in [0, 0.05) is 24.1 Å². The van der Waals surface area contributed by atoms with Gasteiger partial charge in [0.15, 0.2) is 0 Å². The molecule has 0 spiro atoms. The van der Waals surface area contributed by atoms with E-state index in [1.165, 1.54) is 37.1 Å². The molecule has 2 amide bonds. The highest BCUT2D eigenvalue weighted by atomic mass is 19.1. The van der Waals surface area contributed by atoms with Crippen molar-refractivity contribution in [2.24, 2.45) is 5.92 Å². The van der Waals surface area contributed by atoms with Gasteiger partial charge in [-0.1, -0.05) is 19.8 Å². The van der Waals surface area contributed by atoms with Crippen molar-refractivity contribution in [1.29, 1.82) is 0 Å². The average Bonchev–Trinajstić information content (AvgIpc) is 3.20. The van der Waals surface area contributed by atoms with Gasteiger partial charge in [-0.3, -0.25) is 9.59 Å². The molecule has 154 valence electrons. The second kappa shape index (κ2) is 10.0. The Morgan fingerprint density at radius 2 is 1.79 bits per heavy atom. The van der Waals surface area contributed by atoms with Gasteiger partial charge >= 0.3 is 0 Å². The Labute approximate surface area is 166 Å². The first-order valence-corrected chi connectivity index (χ1v) is 10.5. The molecule has 2 saturated carbocycles. The van der Waals surface area contributed by atoms with Gasteiger partial charge in [0.25, 0.3) is 5.91 Å². The van der Waals surface area contributed by atoms with Gasteiger partial charge < -0.3 is 15.4 Å². The van der Waals surface area contributed by atoms with Gasteiger partial charge in [0.05, 0.1) is 12.1 Å². The maximum absolute atomic E-state index is 13.1. The summed E-state index contributed by atoms with van der Waals surface area (Å²) < 4.78 is 19.1. The van der Waals surface area contributed by atoms with Crippen molar-refractivity contribution in [3.63, 3.8) is 0 Å². The Kier molecular flexibility index (Phi) is 7.43. The van der Waals surface area contributed by atoms with Crippen LogP contribution in [-0.4, -0.2) is 36.6 Å². The van der Waals surface area contributed by atoms with Crippen LogP contribution in [0, 0.1) is 11.7 Å². The molecule has 2 N–H and O–H groups in total. The van der Waals surface area contributed by atoms with Crippen molar-refractivity contribution < 1.29 is 18.7 Å². The highest BCUT2D eigenvalue weighted by molar-refractivity contribution is 5.94. The van der Waals surface area contributed by atoms with Crippen molar-refractivity contribution in [1.82, 2.24) is 10.6 Å². The van der Waals surface area contributed by atoms with E-state index in [1.807, 2.05) is 6.92 Å². The number of nitrogens with one attached hydrogen (secondary N) is 2. The lowest BCUT2D eigenvalue weighted by molar-refractivity contribution is -0.129. The zero-order chi connectivity index (χ0) is 19.9. The fourth-order valence-corrected chi connectivity index (χ4v) is 4.23. The molecule has 0 saturated heterocycles. The Balaban J connectivity index is 1.59. The third-order valence-corrected chi connectivity index (χ3v) is 5.82. The fourth-order valence-electron chi connectivity index (χ4n) is 4.23. The zero-order valence-corrected chi connectivity index (χ0v) is 16.6. The lowest BCUT2D eigenvalue weighted by Crippen LogP contribution is -2.50. The molecule has 0 radical (unpaired) electrons. The van der Waals surface area contributed by atoms with E-state index in [-0.39, 0.29) is 35.7 Å². The molecule has 28 heavy (non-hydrogen) atoms. The fraction of sp³-hybridized carbons (Fsp3) is 0.636. The molecule has 3 atom stereocenters. The monoisotopic (exact) mass is 390 g/mol. The third kappa shape index (κ3) is 5.53. The van der Waals surface area contributed by atoms with Crippen LogP contribution in [0.3, 0.4) is 0 Å². The number of halogens is 1. The smallest absolute Gasteiger partial charge is 0.251 e. The SMILES string of the molecule is CCCO[C@@H]1C[C@@H](C(=O)NC2CCCC2)CC[C@H]1NC(=O)c1ccc(F)cc1. The van der Waals surface area contributed by atoms with Crippen molar-refractivity contribution in [2.45, 2.75) is 76.5 Å². The van der Waals surface area contributed by atoms with Crippen LogP contribution in [-0.2, 0) is 9.53 Å². The standard InChI is InChI=1S/C22H31FN2O3/c1-2-13-28-20-14-16(22(27)24-18-5-3-4-6-18)9-12-19(20)25-21(26)15-7-10-17(23)11-8-15/h7-8,10-11,16,18-20H,2-6,9,12-14H2,1H3,(H,24,27)(H,25,26)/t16-,19+,20+/m0/s1. The van der Waals surface area contributed by atoms with E-state index in [0.29, 0.717) is 31.1 Å². The highest BCUT2D eigenvalue weighted by Gasteiger charge is 2.36. The van der Waals surface area contributed by atoms with Crippen LogP contribution in [0.1, 0.15) is 68.6 Å². The molecular weight excluding hydrogens is 359 g/mol. The Morgan fingerprint density at radius 3 is 2.46 bits per heavy atom. The number of amides is 2. The largest absolute Gasteiger partial charge is 0.376 e. The van der Waals surface area contributed by atoms with E-state index >= 15 is 0 Å². The number of ether oxygens (including phenoxy) is 1. The molecule has 0 heterocycles. The van der Waals surface area contributed by atoms with E-state index in [4.69, 9.17) is 4.74 Å². The summed E-state index contributed by atoms with van der Waals surface area (Å²) in [6.45, 7) is 2.64. The molecule has 0 aromatic heterocycles. The molecule has 2 fully saturated rings. The summed E-state index contributed by atoms with van der Waals surface area (Å²) in [6.07, 6.45) is 7.28. The highest BCUT2D eigenvalue weighted by Crippen LogP contribution is 2.28. The third-order valence-electron chi connectivity index (χ3n) is 5.82. The number of hydrogen-bond acceptors (Lipinski definition) is 3. The van der Waals surface area contributed by atoms with E-state index in [9.17, 15) is 14.0 Å². The first-order chi connectivity index (χ1) is 13.6. The van der Waals surface area contributed by atoms with E-state index in [0.717, 1.165) is 25.7 Å². The number of carbonyl (C=O) groups excluding carboxylic acids is 2. The van der Waals surface area contributed by atoms with Gasteiger partial charge in [-0.25, -0.2) is 4.39 Å². The quantitative estimate of drug-likeness (QED) is 0.748. The zero-order valence-electron chi connectivity index (χ0n) is 16.6. The Morgan fingerprint density at radius 1 is 1.07 bits per heavy atom. The van der Waals surface area contributed by atoms with Gasteiger partial charge in [0.2, 0.25) is 5.91 Å². The number of carbonyl (C=O) groups is 2. The average molecular weight is 390 g/mol. The molecule has 0 aliphatic heterocycles.